The Morgan fingerprint density at radius 2 is 1.88 bits per heavy atom. The van der Waals surface area contributed by atoms with Crippen LogP contribution in [0.1, 0.15) is 28.5 Å². The van der Waals surface area contributed by atoms with Crippen LogP contribution in [-0.4, -0.2) is 44.1 Å². The van der Waals surface area contributed by atoms with E-state index in [0.29, 0.717) is 44.6 Å². The minimum absolute atomic E-state index is 0.239. The molecular formula is C32H29FN4O4S. The lowest BCUT2D eigenvalue weighted by Crippen LogP contribution is -2.25. The second-order valence-electron chi connectivity index (χ2n) is 9.63. The number of aromatic nitrogens is 2. The minimum Gasteiger partial charge on any atom is -0.455 e. The number of nitrogens with one attached hydrogen (secondary N) is 1. The number of sulfonamides is 1. The van der Waals surface area contributed by atoms with E-state index in [1.165, 1.54) is 38.4 Å². The molecule has 8 nitrogen and oxygen atoms in total. The van der Waals surface area contributed by atoms with Crippen molar-refractivity contribution in [2.24, 2.45) is 0 Å². The van der Waals surface area contributed by atoms with Crippen LogP contribution in [0.15, 0.2) is 96.2 Å². The summed E-state index contributed by atoms with van der Waals surface area (Å²) in [4.78, 5) is 17.9. The van der Waals surface area contributed by atoms with Crippen molar-refractivity contribution in [1.29, 1.82) is 0 Å². The molecule has 0 bridgehead atoms. The number of hydrogen-bond donors (Lipinski definition) is 1. The number of carbonyl (C=O) groups is 1. The van der Waals surface area contributed by atoms with Crippen LogP contribution in [0, 0.1) is 5.82 Å². The van der Waals surface area contributed by atoms with Gasteiger partial charge in [0.25, 0.3) is 5.91 Å². The van der Waals surface area contributed by atoms with Gasteiger partial charge in [0.1, 0.15) is 22.8 Å². The summed E-state index contributed by atoms with van der Waals surface area (Å²) in [5, 5.41) is 3.12. The Morgan fingerprint density at radius 1 is 1.14 bits per heavy atom. The van der Waals surface area contributed by atoms with Crippen LogP contribution in [0.25, 0.3) is 39.1 Å². The van der Waals surface area contributed by atoms with Crippen molar-refractivity contribution in [3.8, 4) is 11.3 Å². The lowest BCUT2D eigenvalue weighted by atomic mass is 9.96. The standard InChI is InChI=1S/C32H29FN4O4S/c1-6-20(16-21(7-2)26-19-37-15-9-8-10-29(37)35-26)24-17-25-28(18-27(24)36(4)42(5,39)40)41-31(30(25)32(38)34-3)22-11-13-23(33)14-12-22/h6-19H,2H2,1,3-5H3,(H,34,38)/b20-6+,21-16+. The summed E-state index contributed by atoms with van der Waals surface area (Å²) in [6, 6.07) is 14.6. The zero-order chi connectivity index (χ0) is 30.2. The Hall–Kier alpha value is -4.96. The average molecular weight is 585 g/mol. The van der Waals surface area contributed by atoms with E-state index in [1.54, 1.807) is 18.2 Å². The number of rotatable bonds is 8. The highest BCUT2D eigenvalue weighted by atomic mass is 32.2. The summed E-state index contributed by atoms with van der Waals surface area (Å²) in [6.45, 7) is 5.82. The molecule has 0 aliphatic carbocycles. The van der Waals surface area contributed by atoms with E-state index in [4.69, 9.17) is 9.40 Å². The molecule has 10 heteroatoms. The molecule has 0 saturated carbocycles. The van der Waals surface area contributed by atoms with Crippen molar-refractivity contribution < 1.29 is 22.0 Å². The molecule has 0 saturated heterocycles. The van der Waals surface area contributed by atoms with Crippen LogP contribution in [0.5, 0.6) is 0 Å². The molecule has 0 aliphatic rings. The van der Waals surface area contributed by atoms with Gasteiger partial charge in [-0.15, -0.1) is 0 Å². The van der Waals surface area contributed by atoms with Crippen LogP contribution in [0.2, 0.25) is 0 Å². The maximum atomic E-state index is 13.7. The van der Waals surface area contributed by atoms with E-state index >= 15 is 0 Å². The molecule has 0 fully saturated rings. The number of fused-ring (bicyclic) bond motifs is 2. The van der Waals surface area contributed by atoms with Crippen molar-refractivity contribution >= 4 is 49.4 Å². The fraction of sp³-hybridized carbons (Fsp3) is 0.125. The maximum absolute atomic E-state index is 13.7. The van der Waals surface area contributed by atoms with Gasteiger partial charge in [0.15, 0.2) is 0 Å². The summed E-state index contributed by atoms with van der Waals surface area (Å²) in [5.41, 5.74) is 4.76. The van der Waals surface area contributed by atoms with Gasteiger partial charge in [-0.3, -0.25) is 9.10 Å². The zero-order valence-corrected chi connectivity index (χ0v) is 24.4. The third-order valence-corrected chi connectivity index (χ3v) is 8.21. The summed E-state index contributed by atoms with van der Waals surface area (Å²) in [6.07, 6.45) is 10.3. The molecule has 5 rings (SSSR count). The number of anilines is 1. The molecule has 0 unspecified atom stereocenters. The number of allylic oxidation sites excluding steroid dienone is 5. The Morgan fingerprint density at radius 3 is 2.50 bits per heavy atom. The molecule has 5 aromatic rings. The molecule has 214 valence electrons. The van der Waals surface area contributed by atoms with Gasteiger partial charge in [0.05, 0.1) is 23.2 Å². The van der Waals surface area contributed by atoms with Gasteiger partial charge in [0.2, 0.25) is 10.0 Å². The van der Waals surface area contributed by atoms with E-state index in [0.717, 1.165) is 16.2 Å². The Kier molecular flexibility index (Phi) is 7.57. The van der Waals surface area contributed by atoms with Crippen LogP contribution in [-0.2, 0) is 10.0 Å². The van der Waals surface area contributed by atoms with Gasteiger partial charge in [-0.05, 0) is 61.0 Å². The van der Waals surface area contributed by atoms with Crippen molar-refractivity contribution in [1.82, 2.24) is 14.7 Å². The van der Waals surface area contributed by atoms with Gasteiger partial charge in [-0.2, -0.15) is 0 Å². The lowest BCUT2D eigenvalue weighted by molar-refractivity contribution is 0.0964. The van der Waals surface area contributed by atoms with Crippen molar-refractivity contribution in [2.75, 3.05) is 24.7 Å². The van der Waals surface area contributed by atoms with E-state index in [9.17, 15) is 17.6 Å². The largest absolute Gasteiger partial charge is 0.455 e. The molecule has 0 spiro atoms. The number of nitrogens with zero attached hydrogens (tertiary/aromatic N) is 3. The number of benzene rings is 2. The SMILES string of the molecule is C=C/C(=C\C(=C/C)c1cc2c(C(=O)NC)c(-c3ccc(F)cc3)oc2cc1N(C)S(C)(=O)=O)c1cn2ccccc2n1. The number of furan rings is 1. The predicted molar refractivity (Wildman–Crippen MR) is 165 cm³/mol. The Labute approximate surface area is 243 Å². The second-order valence-corrected chi connectivity index (χ2v) is 11.6. The van der Waals surface area contributed by atoms with Crippen molar-refractivity contribution in [3.05, 3.63) is 114 Å². The zero-order valence-electron chi connectivity index (χ0n) is 23.6. The molecule has 3 heterocycles. The minimum atomic E-state index is -3.69. The maximum Gasteiger partial charge on any atom is 0.255 e. The monoisotopic (exact) mass is 584 g/mol. The predicted octanol–water partition coefficient (Wildman–Crippen LogP) is 6.31. The number of halogens is 1. The van der Waals surface area contributed by atoms with Gasteiger partial charge >= 0.3 is 0 Å². The first kappa shape index (κ1) is 28.6. The molecule has 0 atom stereocenters. The van der Waals surface area contributed by atoms with Gasteiger partial charge in [-0.25, -0.2) is 17.8 Å². The fourth-order valence-corrected chi connectivity index (χ4v) is 5.26. The van der Waals surface area contributed by atoms with Crippen LogP contribution < -0.4 is 9.62 Å². The van der Waals surface area contributed by atoms with E-state index in [1.807, 2.05) is 54.1 Å². The fourth-order valence-electron chi connectivity index (χ4n) is 4.75. The third-order valence-electron chi connectivity index (χ3n) is 7.02. The average Bonchev–Trinajstić information content (AvgIpc) is 3.58. The number of amides is 1. The molecule has 42 heavy (non-hydrogen) atoms. The highest BCUT2D eigenvalue weighted by molar-refractivity contribution is 7.92. The molecule has 0 radical (unpaired) electrons. The Bertz CT molecular complexity index is 1990. The number of hydrogen-bond acceptors (Lipinski definition) is 5. The number of pyridine rings is 1. The van der Waals surface area contributed by atoms with Gasteiger partial charge in [0, 0.05) is 54.6 Å². The van der Waals surface area contributed by atoms with E-state index in [2.05, 4.69) is 11.9 Å². The first-order chi connectivity index (χ1) is 20.0. The van der Waals surface area contributed by atoms with Crippen LogP contribution >= 0.6 is 0 Å². The smallest absolute Gasteiger partial charge is 0.255 e. The second kappa shape index (κ2) is 11.1. The first-order valence-electron chi connectivity index (χ1n) is 13.0. The topological polar surface area (TPSA) is 96.9 Å². The number of imidazole rings is 1. The molecular weight excluding hydrogens is 555 g/mol. The third kappa shape index (κ3) is 5.24. The van der Waals surface area contributed by atoms with E-state index < -0.39 is 21.7 Å². The van der Waals surface area contributed by atoms with Gasteiger partial charge < -0.3 is 14.1 Å². The lowest BCUT2D eigenvalue weighted by Gasteiger charge is -2.21. The van der Waals surface area contributed by atoms with Crippen molar-refractivity contribution in [3.63, 3.8) is 0 Å². The number of carbonyl (C=O) groups excluding carboxylic acids is 1. The van der Waals surface area contributed by atoms with Crippen LogP contribution in [0.3, 0.4) is 0 Å². The summed E-state index contributed by atoms with van der Waals surface area (Å²) in [7, 11) is -0.724. The van der Waals surface area contributed by atoms with Crippen LogP contribution in [0.4, 0.5) is 10.1 Å². The summed E-state index contributed by atoms with van der Waals surface area (Å²) in [5.74, 6) is -0.593. The molecule has 1 amide bonds. The highest BCUT2D eigenvalue weighted by Gasteiger charge is 2.26. The normalized spacial score (nSPS) is 12.6. The van der Waals surface area contributed by atoms with E-state index in [-0.39, 0.29) is 11.3 Å². The van der Waals surface area contributed by atoms with Gasteiger partial charge in [-0.1, -0.05) is 24.8 Å². The van der Waals surface area contributed by atoms with Crippen molar-refractivity contribution in [2.45, 2.75) is 6.92 Å². The summed E-state index contributed by atoms with van der Waals surface area (Å²) < 4.78 is 48.4. The Balaban J connectivity index is 1.78. The molecule has 1 N–H and O–H groups in total. The molecule has 2 aromatic carbocycles. The quantitative estimate of drug-likeness (QED) is 0.216. The molecule has 3 aromatic heterocycles. The highest BCUT2D eigenvalue weighted by Crippen LogP contribution is 2.40. The summed E-state index contributed by atoms with van der Waals surface area (Å²) >= 11 is 0. The molecule has 0 aliphatic heterocycles. The first-order valence-corrected chi connectivity index (χ1v) is 14.9.